The van der Waals surface area contributed by atoms with Crippen LogP contribution in [0.25, 0.3) is 0 Å². The summed E-state index contributed by atoms with van der Waals surface area (Å²) in [6.07, 6.45) is 1.10. The summed E-state index contributed by atoms with van der Waals surface area (Å²) in [6.45, 7) is 3.62. The van der Waals surface area contributed by atoms with Gasteiger partial charge in [-0.1, -0.05) is 12.1 Å². The molecule has 0 unspecified atom stereocenters. The van der Waals surface area contributed by atoms with Gasteiger partial charge in [0.15, 0.2) is 11.5 Å². The van der Waals surface area contributed by atoms with E-state index in [-0.39, 0.29) is 5.75 Å². The number of hydrogen-bond donors (Lipinski definition) is 1. The van der Waals surface area contributed by atoms with Gasteiger partial charge in [-0.15, -0.1) is 6.58 Å². The molecule has 0 spiro atoms. The van der Waals surface area contributed by atoms with Crippen molar-refractivity contribution in [2.45, 2.75) is 6.42 Å². The second kappa shape index (κ2) is 5.05. The number of rotatable bonds is 4. The molecule has 0 amide bonds. The van der Waals surface area contributed by atoms with Crippen molar-refractivity contribution in [1.82, 2.24) is 0 Å². The van der Waals surface area contributed by atoms with Crippen molar-refractivity contribution in [1.29, 1.82) is 0 Å². The summed E-state index contributed by atoms with van der Waals surface area (Å²) in [5.74, 6) is 0.592. The molecule has 80 valence electrons. The minimum absolute atomic E-state index is 0.192. The zero-order valence-electron chi connectivity index (χ0n) is 8.40. The molecule has 0 heterocycles. The van der Waals surface area contributed by atoms with Crippen LogP contribution in [-0.2, 0) is 6.42 Å². The smallest absolute Gasteiger partial charge is 0.493 e. The Kier molecular flexibility index (Phi) is 3.74. The number of carboxylic acid groups (broad SMARTS) is 1. The van der Waals surface area contributed by atoms with Crippen molar-refractivity contribution in [3.8, 4) is 11.5 Å². The first kappa shape index (κ1) is 11.1. The molecule has 0 fully saturated rings. The minimum atomic E-state index is -1.36. The number of methoxy groups -OCH3 is 1. The normalized spacial score (nSPS) is 9.40. The molecule has 1 N–H and O–H groups in total. The van der Waals surface area contributed by atoms with Crippen molar-refractivity contribution in [3.05, 3.63) is 36.4 Å². The highest BCUT2D eigenvalue weighted by Gasteiger charge is 2.08. The van der Waals surface area contributed by atoms with Crippen molar-refractivity contribution < 1.29 is 19.4 Å². The minimum Gasteiger partial charge on any atom is -0.493 e. The molecule has 0 aromatic heterocycles. The van der Waals surface area contributed by atoms with Crippen LogP contribution < -0.4 is 9.47 Å². The van der Waals surface area contributed by atoms with E-state index in [0.717, 1.165) is 5.56 Å². The molecular weight excluding hydrogens is 196 g/mol. The molecule has 1 rings (SSSR count). The van der Waals surface area contributed by atoms with E-state index in [0.29, 0.717) is 12.2 Å². The van der Waals surface area contributed by atoms with Crippen LogP contribution in [0.3, 0.4) is 0 Å². The van der Waals surface area contributed by atoms with E-state index in [1.165, 1.54) is 7.11 Å². The maximum absolute atomic E-state index is 10.4. The van der Waals surface area contributed by atoms with Crippen LogP contribution in [-0.4, -0.2) is 18.4 Å². The first-order valence-electron chi connectivity index (χ1n) is 4.36. The Morgan fingerprint density at radius 3 is 2.80 bits per heavy atom. The molecular formula is C11H12O4. The zero-order valence-corrected chi connectivity index (χ0v) is 8.40. The summed E-state index contributed by atoms with van der Waals surface area (Å²) < 4.78 is 9.55. The van der Waals surface area contributed by atoms with Crippen LogP contribution in [0.2, 0.25) is 0 Å². The summed E-state index contributed by atoms with van der Waals surface area (Å²) in [7, 11) is 1.46. The summed E-state index contributed by atoms with van der Waals surface area (Å²) in [4.78, 5) is 10.4. The molecule has 0 aliphatic rings. The molecule has 0 aliphatic carbocycles. The van der Waals surface area contributed by atoms with Gasteiger partial charge in [0.25, 0.3) is 0 Å². The van der Waals surface area contributed by atoms with Gasteiger partial charge in [0.1, 0.15) is 0 Å². The summed E-state index contributed by atoms with van der Waals surface area (Å²) in [5.41, 5.74) is 0.986. The monoisotopic (exact) mass is 208 g/mol. The number of benzene rings is 1. The van der Waals surface area contributed by atoms with Gasteiger partial charge < -0.3 is 14.6 Å². The molecule has 0 saturated carbocycles. The molecule has 0 atom stereocenters. The maximum Gasteiger partial charge on any atom is 0.511 e. The Labute approximate surface area is 87.7 Å². The fourth-order valence-electron chi connectivity index (χ4n) is 1.18. The first-order chi connectivity index (χ1) is 7.17. The van der Waals surface area contributed by atoms with Crippen LogP contribution >= 0.6 is 0 Å². The van der Waals surface area contributed by atoms with Gasteiger partial charge in [-0.2, -0.15) is 0 Å². The molecule has 1 aromatic carbocycles. The second-order valence-corrected chi connectivity index (χ2v) is 2.85. The van der Waals surface area contributed by atoms with Crippen LogP contribution in [0.5, 0.6) is 11.5 Å². The predicted octanol–water partition coefficient (Wildman–Crippen LogP) is 2.48. The van der Waals surface area contributed by atoms with E-state index in [9.17, 15) is 4.79 Å². The lowest BCUT2D eigenvalue weighted by molar-refractivity contribution is 0.143. The fraction of sp³-hybridized carbons (Fsp3) is 0.182. The summed E-state index contributed by atoms with van der Waals surface area (Å²) in [6, 6.07) is 5.05. The Bertz CT molecular complexity index is 371. The third-order valence-electron chi connectivity index (χ3n) is 1.81. The Morgan fingerprint density at radius 2 is 2.27 bits per heavy atom. The van der Waals surface area contributed by atoms with Crippen molar-refractivity contribution >= 4 is 6.16 Å². The van der Waals surface area contributed by atoms with Gasteiger partial charge in [-0.05, 0) is 24.1 Å². The average Bonchev–Trinajstić information content (AvgIpc) is 2.20. The quantitative estimate of drug-likeness (QED) is 0.469. The van der Waals surface area contributed by atoms with Gasteiger partial charge >= 0.3 is 6.16 Å². The SMILES string of the molecule is C=CCc1ccc(OC(=O)O)c(OC)c1. The van der Waals surface area contributed by atoms with E-state index in [1.807, 2.05) is 0 Å². The predicted molar refractivity (Wildman–Crippen MR) is 55.5 cm³/mol. The van der Waals surface area contributed by atoms with Crippen LogP contribution in [0.15, 0.2) is 30.9 Å². The van der Waals surface area contributed by atoms with Crippen molar-refractivity contribution in [2.24, 2.45) is 0 Å². The molecule has 0 bridgehead atoms. The fourth-order valence-corrected chi connectivity index (χ4v) is 1.18. The lowest BCUT2D eigenvalue weighted by atomic mass is 10.1. The highest BCUT2D eigenvalue weighted by Crippen LogP contribution is 2.28. The van der Waals surface area contributed by atoms with Gasteiger partial charge in [0, 0.05) is 0 Å². The highest BCUT2D eigenvalue weighted by molar-refractivity contribution is 5.63. The second-order valence-electron chi connectivity index (χ2n) is 2.85. The Balaban J connectivity index is 2.97. The molecule has 0 aliphatic heterocycles. The molecule has 1 aromatic rings. The molecule has 0 radical (unpaired) electrons. The van der Waals surface area contributed by atoms with Crippen LogP contribution in [0.1, 0.15) is 5.56 Å². The van der Waals surface area contributed by atoms with Crippen molar-refractivity contribution in [3.63, 3.8) is 0 Å². The van der Waals surface area contributed by atoms with E-state index >= 15 is 0 Å². The number of hydrogen-bond acceptors (Lipinski definition) is 3. The average molecular weight is 208 g/mol. The van der Waals surface area contributed by atoms with Crippen molar-refractivity contribution in [2.75, 3.05) is 7.11 Å². The van der Waals surface area contributed by atoms with Gasteiger partial charge in [-0.25, -0.2) is 4.79 Å². The van der Waals surface area contributed by atoms with Gasteiger partial charge in [-0.3, -0.25) is 0 Å². The topological polar surface area (TPSA) is 55.8 Å². The first-order valence-corrected chi connectivity index (χ1v) is 4.36. The van der Waals surface area contributed by atoms with Gasteiger partial charge in [0.05, 0.1) is 7.11 Å². The Hall–Kier alpha value is -1.97. The van der Waals surface area contributed by atoms with E-state index < -0.39 is 6.16 Å². The largest absolute Gasteiger partial charge is 0.511 e. The standard InChI is InChI=1S/C11H12O4/c1-3-4-8-5-6-9(15-11(12)13)10(7-8)14-2/h3,5-7H,1,4H2,2H3,(H,12,13). The number of ether oxygens (including phenoxy) is 2. The summed E-state index contributed by atoms with van der Waals surface area (Å²) in [5, 5.41) is 8.47. The Morgan fingerprint density at radius 1 is 1.53 bits per heavy atom. The molecule has 15 heavy (non-hydrogen) atoms. The lowest BCUT2D eigenvalue weighted by Crippen LogP contribution is -2.04. The van der Waals surface area contributed by atoms with Crippen LogP contribution in [0.4, 0.5) is 4.79 Å². The van der Waals surface area contributed by atoms with E-state index in [4.69, 9.17) is 9.84 Å². The third kappa shape index (κ3) is 3.02. The lowest BCUT2D eigenvalue weighted by Gasteiger charge is -2.08. The number of allylic oxidation sites excluding steroid dienone is 1. The molecule has 0 saturated heterocycles. The van der Waals surface area contributed by atoms with E-state index in [2.05, 4.69) is 11.3 Å². The van der Waals surface area contributed by atoms with E-state index in [1.54, 1.807) is 24.3 Å². The summed E-state index contributed by atoms with van der Waals surface area (Å²) >= 11 is 0. The molecule has 4 heteroatoms. The van der Waals surface area contributed by atoms with Gasteiger partial charge in [0.2, 0.25) is 0 Å². The molecule has 4 nitrogen and oxygen atoms in total. The highest BCUT2D eigenvalue weighted by atomic mass is 16.7. The number of carbonyl (C=O) groups is 1. The third-order valence-corrected chi connectivity index (χ3v) is 1.81. The zero-order chi connectivity index (χ0) is 11.3. The van der Waals surface area contributed by atoms with Crippen LogP contribution in [0, 0.1) is 0 Å². The maximum atomic E-state index is 10.4.